The Morgan fingerprint density at radius 3 is 2.54 bits per heavy atom. The predicted molar refractivity (Wildman–Crippen MR) is 95.6 cm³/mol. The largest absolute Gasteiger partial charge is 0.490 e. The maximum absolute atomic E-state index is 5.82. The molecule has 1 aliphatic heterocycles. The monoisotopic (exact) mass is 325 g/mol. The van der Waals surface area contributed by atoms with Crippen LogP contribution in [0.5, 0.6) is 5.75 Å². The first-order valence-electron chi connectivity index (χ1n) is 9.34. The molecular weight excluding hydrogens is 298 g/mol. The zero-order chi connectivity index (χ0) is 16.4. The number of hydrogen-bond donors (Lipinski definition) is 1. The molecule has 4 heteroatoms. The molecule has 24 heavy (non-hydrogen) atoms. The van der Waals surface area contributed by atoms with Crippen LogP contribution in [-0.4, -0.2) is 29.0 Å². The molecule has 0 radical (unpaired) electrons. The normalized spacial score (nSPS) is 18.7. The van der Waals surface area contributed by atoms with Gasteiger partial charge in [0.1, 0.15) is 5.75 Å². The molecule has 1 aromatic carbocycles. The van der Waals surface area contributed by atoms with E-state index in [1.54, 1.807) is 0 Å². The van der Waals surface area contributed by atoms with Gasteiger partial charge in [0.05, 0.1) is 11.8 Å². The van der Waals surface area contributed by atoms with Gasteiger partial charge < -0.3 is 10.1 Å². The summed E-state index contributed by atoms with van der Waals surface area (Å²) >= 11 is 0. The maximum atomic E-state index is 5.82. The minimum atomic E-state index is 0.462. The van der Waals surface area contributed by atoms with Crippen molar-refractivity contribution in [2.24, 2.45) is 0 Å². The molecule has 1 aliphatic carbocycles. The molecule has 1 saturated heterocycles. The van der Waals surface area contributed by atoms with Crippen LogP contribution in [0.2, 0.25) is 0 Å². The third kappa shape index (κ3) is 3.64. The number of piperidine rings is 1. The number of rotatable bonds is 6. The Kier molecular flexibility index (Phi) is 4.56. The topological polar surface area (TPSA) is 39.1 Å². The highest BCUT2D eigenvalue weighted by Gasteiger charge is 2.23. The summed E-state index contributed by atoms with van der Waals surface area (Å²) in [7, 11) is 0. The van der Waals surface area contributed by atoms with Gasteiger partial charge in [0.15, 0.2) is 0 Å². The highest BCUT2D eigenvalue weighted by molar-refractivity contribution is 5.31. The summed E-state index contributed by atoms with van der Waals surface area (Å²) in [5, 5.41) is 8.30. The van der Waals surface area contributed by atoms with Crippen molar-refractivity contribution in [2.75, 3.05) is 13.1 Å². The van der Waals surface area contributed by atoms with Gasteiger partial charge in [-0.15, -0.1) is 0 Å². The fourth-order valence-corrected chi connectivity index (χ4v) is 3.55. The van der Waals surface area contributed by atoms with Gasteiger partial charge in [-0.25, -0.2) is 0 Å². The molecule has 2 aliphatic rings. The van der Waals surface area contributed by atoms with Gasteiger partial charge in [0.25, 0.3) is 0 Å². The number of hydrogen-bond acceptors (Lipinski definition) is 3. The molecule has 1 N–H and O–H groups in total. The average Bonchev–Trinajstić information content (AvgIpc) is 3.35. The van der Waals surface area contributed by atoms with Crippen LogP contribution >= 0.6 is 0 Å². The summed E-state index contributed by atoms with van der Waals surface area (Å²) in [5.41, 5.74) is 3.90. The lowest BCUT2D eigenvalue weighted by atomic mass is 9.94. The van der Waals surface area contributed by atoms with Crippen LogP contribution in [0.1, 0.15) is 55.5 Å². The number of ether oxygens (including phenoxy) is 1. The molecule has 1 aromatic heterocycles. The standard InChI is InChI=1S/C20H27N3O/c1-2-23-20(16-9-11-21-12-10-16)14-17(22-23)13-15-3-5-18(6-4-15)24-19-7-8-19/h3-6,14,16,19,21H,2,7-13H2,1H3. The zero-order valence-electron chi connectivity index (χ0n) is 14.5. The molecule has 0 atom stereocenters. The van der Waals surface area contributed by atoms with E-state index in [1.165, 1.54) is 42.6 Å². The van der Waals surface area contributed by atoms with Gasteiger partial charge in [-0.1, -0.05) is 12.1 Å². The SMILES string of the molecule is CCn1nc(Cc2ccc(OC3CC3)cc2)cc1C1CCNCC1. The highest BCUT2D eigenvalue weighted by atomic mass is 16.5. The molecule has 0 spiro atoms. The highest BCUT2D eigenvalue weighted by Crippen LogP contribution is 2.28. The number of aryl methyl sites for hydroxylation is 1. The van der Waals surface area contributed by atoms with E-state index in [1.807, 2.05) is 0 Å². The number of aromatic nitrogens is 2. The smallest absolute Gasteiger partial charge is 0.119 e. The third-order valence-corrected chi connectivity index (χ3v) is 5.05. The second-order valence-corrected chi connectivity index (χ2v) is 7.04. The molecule has 1 saturated carbocycles. The fraction of sp³-hybridized carbons (Fsp3) is 0.550. The van der Waals surface area contributed by atoms with E-state index >= 15 is 0 Å². The summed E-state index contributed by atoms with van der Waals surface area (Å²) in [4.78, 5) is 0. The fourth-order valence-electron chi connectivity index (χ4n) is 3.55. The summed E-state index contributed by atoms with van der Waals surface area (Å²) < 4.78 is 8.03. The number of benzene rings is 1. The second-order valence-electron chi connectivity index (χ2n) is 7.04. The summed E-state index contributed by atoms with van der Waals surface area (Å²) in [6.07, 6.45) is 6.21. The number of nitrogens with one attached hydrogen (secondary N) is 1. The number of nitrogens with zero attached hydrogens (tertiary/aromatic N) is 2. The van der Waals surface area contributed by atoms with Crippen molar-refractivity contribution in [3.63, 3.8) is 0 Å². The Morgan fingerprint density at radius 2 is 1.88 bits per heavy atom. The van der Waals surface area contributed by atoms with E-state index < -0.39 is 0 Å². The van der Waals surface area contributed by atoms with E-state index in [0.717, 1.165) is 31.8 Å². The Bertz CT molecular complexity index is 667. The maximum Gasteiger partial charge on any atom is 0.119 e. The zero-order valence-corrected chi connectivity index (χ0v) is 14.5. The second kappa shape index (κ2) is 6.98. The average molecular weight is 325 g/mol. The van der Waals surface area contributed by atoms with Gasteiger partial charge in [0.2, 0.25) is 0 Å². The Hall–Kier alpha value is -1.81. The van der Waals surface area contributed by atoms with Crippen LogP contribution in [0.3, 0.4) is 0 Å². The van der Waals surface area contributed by atoms with Crippen LogP contribution in [0, 0.1) is 0 Å². The lowest BCUT2D eigenvalue weighted by Gasteiger charge is -2.23. The summed E-state index contributed by atoms with van der Waals surface area (Å²) in [5.74, 6) is 1.65. The lowest BCUT2D eigenvalue weighted by molar-refractivity contribution is 0.303. The van der Waals surface area contributed by atoms with Crippen molar-refractivity contribution in [3.8, 4) is 5.75 Å². The predicted octanol–water partition coefficient (Wildman–Crippen LogP) is 3.50. The van der Waals surface area contributed by atoms with Gasteiger partial charge in [-0.2, -0.15) is 5.10 Å². The van der Waals surface area contributed by atoms with Crippen LogP contribution in [-0.2, 0) is 13.0 Å². The third-order valence-electron chi connectivity index (χ3n) is 5.05. The molecule has 2 fully saturated rings. The quantitative estimate of drug-likeness (QED) is 0.883. The van der Waals surface area contributed by atoms with E-state index in [-0.39, 0.29) is 0 Å². The van der Waals surface area contributed by atoms with Crippen molar-refractivity contribution in [2.45, 2.75) is 57.6 Å². The van der Waals surface area contributed by atoms with E-state index in [9.17, 15) is 0 Å². The van der Waals surface area contributed by atoms with Crippen molar-refractivity contribution >= 4 is 0 Å². The first kappa shape index (κ1) is 15.7. The molecule has 0 amide bonds. The van der Waals surface area contributed by atoms with E-state index in [2.05, 4.69) is 47.3 Å². The molecule has 128 valence electrons. The van der Waals surface area contributed by atoms with Crippen molar-refractivity contribution in [1.82, 2.24) is 15.1 Å². The molecule has 4 rings (SSSR count). The Labute approximate surface area is 144 Å². The molecule has 4 nitrogen and oxygen atoms in total. The van der Waals surface area contributed by atoms with Crippen LogP contribution in [0.25, 0.3) is 0 Å². The molecule has 2 aromatic rings. The minimum Gasteiger partial charge on any atom is -0.490 e. The Morgan fingerprint density at radius 1 is 1.12 bits per heavy atom. The van der Waals surface area contributed by atoms with Crippen molar-refractivity contribution < 1.29 is 4.74 Å². The lowest BCUT2D eigenvalue weighted by Crippen LogP contribution is -2.27. The minimum absolute atomic E-state index is 0.462. The van der Waals surface area contributed by atoms with E-state index in [0.29, 0.717) is 12.0 Å². The van der Waals surface area contributed by atoms with Gasteiger partial charge in [-0.05, 0) is 69.5 Å². The van der Waals surface area contributed by atoms with Gasteiger partial charge >= 0.3 is 0 Å². The molecule has 0 bridgehead atoms. The van der Waals surface area contributed by atoms with E-state index in [4.69, 9.17) is 9.84 Å². The van der Waals surface area contributed by atoms with Crippen LogP contribution in [0.4, 0.5) is 0 Å². The van der Waals surface area contributed by atoms with Crippen molar-refractivity contribution in [1.29, 1.82) is 0 Å². The first-order chi connectivity index (χ1) is 11.8. The van der Waals surface area contributed by atoms with Crippen molar-refractivity contribution in [3.05, 3.63) is 47.3 Å². The summed E-state index contributed by atoms with van der Waals surface area (Å²) in [6, 6.07) is 10.9. The Balaban J connectivity index is 1.46. The van der Waals surface area contributed by atoms with Gasteiger partial charge in [-0.3, -0.25) is 4.68 Å². The van der Waals surface area contributed by atoms with Crippen LogP contribution in [0.15, 0.2) is 30.3 Å². The molecule has 0 unspecified atom stereocenters. The first-order valence-corrected chi connectivity index (χ1v) is 9.34. The van der Waals surface area contributed by atoms with Crippen LogP contribution < -0.4 is 10.1 Å². The molecule has 2 heterocycles. The van der Waals surface area contributed by atoms with Gasteiger partial charge in [0, 0.05) is 24.6 Å². The molecular formula is C20H27N3O. The summed E-state index contributed by atoms with van der Waals surface area (Å²) in [6.45, 7) is 5.38.